The Balaban J connectivity index is 3.14. The van der Waals surface area contributed by atoms with Gasteiger partial charge in [0.05, 0.1) is 11.3 Å². The van der Waals surface area contributed by atoms with Gasteiger partial charge in [-0.15, -0.1) is 0 Å². The van der Waals surface area contributed by atoms with E-state index in [0.29, 0.717) is 5.71 Å². The molecule has 0 aliphatic rings. The van der Waals surface area contributed by atoms with Crippen molar-refractivity contribution in [2.24, 2.45) is 5.16 Å². The van der Waals surface area contributed by atoms with Crippen molar-refractivity contribution in [1.82, 2.24) is 0 Å². The van der Waals surface area contributed by atoms with Crippen LogP contribution in [0.4, 0.5) is 0 Å². The van der Waals surface area contributed by atoms with Crippen molar-refractivity contribution < 1.29 is 9.94 Å². The highest BCUT2D eigenvalue weighted by molar-refractivity contribution is 5.98. The van der Waals surface area contributed by atoms with Crippen molar-refractivity contribution in [3.05, 3.63) is 29.3 Å². The summed E-state index contributed by atoms with van der Waals surface area (Å²) in [6.45, 7) is 1.76. The molecule has 0 saturated heterocycles. The van der Waals surface area contributed by atoms with Crippen LogP contribution in [-0.2, 0) is 4.84 Å². The highest BCUT2D eigenvalue weighted by Crippen LogP contribution is 2.17. The van der Waals surface area contributed by atoms with Crippen molar-refractivity contribution in [3.63, 3.8) is 0 Å². The summed E-state index contributed by atoms with van der Waals surface area (Å²) in [4.78, 5) is 4.60. The Hall–Kier alpha value is -2.02. The van der Waals surface area contributed by atoms with Gasteiger partial charge in [0, 0.05) is 5.56 Å². The highest BCUT2D eigenvalue weighted by atomic mass is 16.6. The van der Waals surface area contributed by atoms with Crippen LogP contribution in [0, 0.1) is 11.3 Å². The van der Waals surface area contributed by atoms with Crippen molar-refractivity contribution >= 4 is 5.71 Å². The smallest absolute Gasteiger partial charge is 0.133 e. The van der Waals surface area contributed by atoms with Crippen LogP contribution in [0.1, 0.15) is 18.1 Å². The number of phenols is 1. The molecular weight excluding hydrogens is 180 g/mol. The first-order valence-corrected chi connectivity index (χ1v) is 4.00. The largest absolute Gasteiger partial charge is 0.507 e. The van der Waals surface area contributed by atoms with Gasteiger partial charge in [-0.3, -0.25) is 0 Å². The predicted octanol–water partition coefficient (Wildman–Crippen LogP) is 1.63. The fraction of sp³-hybridized carbons (Fsp3) is 0.200. The van der Waals surface area contributed by atoms with Gasteiger partial charge in [0.1, 0.15) is 18.9 Å². The summed E-state index contributed by atoms with van der Waals surface area (Å²) < 4.78 is 0. The van der Waals surface area contributed by atoms with Gasteiger partial charge in [-0.2, -0.15) is 5.26 Å². The van der Waals surface area contributed by atoms with Gasteiger partial charge in [0.15, 0.2) is 0 Å². The molecule has 14 heavy (non-hydrogen) atoms. The van der Waals surface area contributed by atoms with Crippen LogP contribution in [-0.4, -0.2) is 17.9 Å². The minimum Gasteiger partial charge on any atom is -0.507 e. The number of rotatable bonds is 2. The molecule has 4 nitrogen and oxygen atoms in total. The monoisotopic (exact) mass is 190 g/mol. The van der Waals surface area contributed by atoms with Gasteiger partial charge in [-0.25, -0.2) is 0 Å². The summed E-state index contributed by atoms with van der Waals surface area (Å²) in [5, 5.41) is 21.7. The second-order valence-corrected chi connectivity index (χ2v) is 2.70. The summed E-state index contributed by atoms with van der Waals surface area (Å²) in [7, 11) is 1.45. The average molecular weight is 190 g/mol. The number of oxime groups is 1. The quantitative estimate of drug-likeness (QED) is 0.569. The number of hydrogen-bond donors (Lipinski definition) is 1. The first-order valence-electron chi connectivity index (χ1n) is 4.00. The molecule has 1 aromatic rings. The molecule has 1 aromatic carbocycles. The van der Waals surface area contributed by atoms with Crippen molar-refractivity contribution in [1.29, 1.82) is 5.26 Å². The zero-order chi connectivity index (χ0) is 10.6. The molecule has 0 fully saturated rings. The molecule has 0 atom stereocenters. The number of nitrogens with zero attached hydrogens (tertiary/aromatic N) is 2. The standard InChI is InChI=1S/C10H10N2O2/c1-7(12-14-2)8-3-4-10(13)9(5-8)6-11/h3-5,13H,1-2H3/b12-7+. The van der Waals surface area contributed by atoms with Crippen molar-refractivity contribution in [2.45, 2.75) is 6.92 Å². The molecule has 1 rings (SSSR count). The highest BCUT2D eigenvalue weighted by Gasteiger charge is 2.03. The molecule has 0 spiro atoms. The maximum absolute atomic E-state index is 9.25. The second kappa shape index (κ2) is 4.28. The first kappa shape index (κ1) is 10.1. The molecular formula is C10H10N2O2. The third-order valence-corrected chi connectivity index (χ3v) is 1.76. The van der Waals surface area contributed by atoms with Gasteiger partial charge in [0.2, 0.25) is 0 Å². The molecule has 0 saturated carbocycles. The number of hydrogen-bond acceptors (Lipinski definition) is 4. The lowest BCUT2D eigenvalue weighted by atomic mass is 10.1. The van der Waals surface area contributed by atoms with Crippen LogP contribution < -0.4 is 0 Å². The van der Waals surface area contributed by atoms with Gasteiger partial charge in [0.25, 0.3) is 0 Å². The minimum atomic E-state index is -0.0264. The van der Waals surface area contributed by atoms with E-state index in [0.717, 1.165) is 5.56 Å². The molecule has 0 aromatic heterocycles. The summed E-state index contributed by atoms with van der Waals surface area (Å²) in [6.07, 6.45) is 0. The second-order valence-electron chi connectivity index (χ2n) is 2.70. The van der Waals surface area contributed by atoms with E-state index in [4.69, 9.17) is 5.26 Å². The van der Waals surface area contributed by atoms with Crippen LogP contribution in [0.2, 0.25) is 0 Å². The lowest BCUT2D eigenvalue weighted by Crippen LogP contribution is -1.95. The fourth-order valence-corrected chi connectivity index (χ4v) is 1.04. The number of phenolic OH excluding ortho intramolecular Hbond substituents is 1. The Bertz CT molecular complexity index is 405. The molecule has 0 amide bonds. The van der Waals surface area contributed by atoms with Crippen LogP contribution >= 0.6 is 0 Å². The summed E-state index contributed by atoms with van der Waals surface area (Å²) in [6, 6.07) is 6.58. The maximum atomic E-state index is 9.25. The molecule has 0 radical (unpaired) electrons. The van der Waals surface area contributed by atoms with E-state index in [1.54, 1.807) is 19.1 Å². The van der Waals surface area contributed by atoms with Crippen LogP contribution in [0.5, 0.6) is 5.75 Å². The van der Waals surface area contributed by atoms with E-state index in [1.807, 2.05) is 6.07 Å². The van der Waals surface area contributed by atoms with E-state index >= 15 is 0 Å². The number of benzene rings is 1. The average Bonchev–Trinajstić information content (AvgIpc) is 2.19. The van der Waals surface area contributed by atoms with Gasteiger partial charge >= 0.3 is 0 Å². The SMILES string of the molecule is CO/N=C(\C)c1ccc(O)c(C#N)c1. The summed E-state index contributed by atoms with van der Waals surface area (Å²) in [5.74, 6) is -0.0264. The maximum Gasteiger partial charge on any atom is 0.133 e. The Morgan fingerprint density at radius 2 is 2.29 bits per heavy atom. The van der Waals surface area contributed by atoms with Gasteiger partial charge < -0.3 is 9.94 Å². The van der Waals surface area contributed by atoms with E-state index in [-0.39, 0.29) is 11.3 Å². The third kappa shape index (κ3) is 2.02. The normalized spacial score (nSPS) is 10.8. The molecule has 72 valence electrons. The Morgan fingerprint density at radius 3 is 2.86 bits per heavy atom. The van der Waals surface area contributed by atoms with E-state index in [2.05, 4.69) is 9.99 Å². The molecule has 0 bridgehead atoms. The summed E-state index contributed by atoms with van der Waals surface area (Å²) in [5.41, 5.74) is 1.64. The van der Waals surface area contributed by atoms with E-state index in [1.165, 1.54) is 13.2 Å². The van der Waals surface area contributed by atoms with E-state index in [9.17, 15) is 5.11 Å². The Labute approximate surface area is 82.0 Å². The van der Waals surface area contributed by atoms with Gasteiger partial charge in [-0.05, 0) is 25.1 Å². The molecule has 4 heteroatoms. The van der Waals surface area contributed by atoms with Gasteiger partial charge in [-0.1, -0.05) is 5.16 Å². The predicted molar refractivity (Wildman–Crippen MR) is 52.0 cm³/mol. The van der Waals surface area contributed by atoms with Crippen LogP contribution in [0.3, 0.4) is 0 Å². The van der Waals surface area contributed by atoms with E-state index < -0.39 is 0 Å². The first-order chi connectivity index (χ1) is 6.69. The lowest BCUT2D eigenvalue weighted by molar-refractivity contribution is 0.213. The number of aromatic hydroxyl groups is 1. The zero-order valence-corrected chi connectivity index (χ0v) is 7.98. The fourth-order valence-electron chi connectivity index (χ4n) is 1.04. The zero-order valence-electron chi connectivity index (χ0n) is 7.98. The summed E-state index contributed by atoms with van der Waals surface area (Å²) >= 11 is 0. The third-order valence-electron chi connectivity index (χ3n) is 1.76. The Kier molecular flexibility index (Phi) is 3.08. The van der Waals surface area contributed by atoms with Crippen molar-refractivity contribution in [2.75, 3.05) is 7.11 Å². The van der Waals surface area contributed by atoms with Crippen LogP contribution in [0.15, 0.2) is 23.4 Å². The molecule has 0 heterocycles. The molecule has 0 aliphatic carbocycles. The van der Waals surface area contributed by atoms with Crippen molar-refractivity contribution in [3.8, 4) is 11.8 Å². The topological polar surface area (TPSA) is 65.6 Å². The minimum absolute atomic E-state index is 0.0264. The molecule has 0 aliphatic heterocycles. The molecule has 0 unspecified atom stereocenters. The number of nitriles is 1. The van der Waals surface area contributed by atoms with Crippen LogP contribution in [0.25, 0.3) is 0 Å². The Morgan fingerprint density at radius 1 is 1.57 bits per heavy atom. The lowest BCUT2D eigenvalue weighted by Gasteiger charge is -2.01. The molecule has 1 N–H and O–H groups in total.